The molecule has 0 saturated carbocycles. The Labute approximate surface area is 168 Å². The van der Waals surface area contributed by atoms with E-state index < -0.39 is 17.2 Å². The first-order chi connectivity index (χ1) is 13.5. The van der Waals surface area contributed by atoms with Gasteiger partial charge in [-0.2, -0.15) is 22.1 Å². The second kappa shape index (κ2) is 11.1. The van der Waals surface area contributed by atoms with Gasteiger partial charge in [-0.25, -0.2) is 18.4 Å². The van der Waals surface area contributed by atoms with Crippen molar-refractivity contribution in [2.45, 2.75) is 62.8 Å². The Balaban J connectivity index is 2.00. The zero-order valence-corrected chi connectivity index (χ0v) is 16.8. The lowest BCUT2D eigenvalue weighted by Gasteiger charge is -2.34. The minimum atomic E-state index is -1.55. The van der Waals surface area contributed by atoms with Crippen molar-refractivity contribution in [2.75, 3.05) is 5.75 Å². The standard InChI is InChI=1S/C20H26F2N4OS/c1-16(28-11-7-5-3-2-4-6-10-23)20(27,13-26-15-24-14-25-26)18-9-8-17(21)12-19(18)22/h8-9,12,14-16,27H,2-7,11,13H2,1H3/t16-,20-/m1/s1. The highest BCUT2D eigenvalue weighted by Crippen LogP contribution is 2.36. The van der Waals surface area contributed by atoms with Crippen molar-refractivity contribution in [1.29, 1.82) is 5.26 Å². The normalized spacial score (nSPS) is 14.4. The zero-order valence-electron chi connectivity index (χ0n) is 16.0. The van der Waals surface area contributed by atoms with Crippen LogP contribution in [0.25, 0.3) is 0 Å². The summed E-state index contributed by atoms with van der Waals surface area (Å²) in [5.74, 6) is -0.629. The molecule has 5 nitrogen and oxygen atoms in total. The van der Waals surface area contributed by atoms with E-state index in [0.717, 1.165) is 50.0 Å². The lowest BCUT2D eigenvalue weighted by molar-refractivity contribution is 0.0133. The zero-order chi connectivity index (χ0) is 20.4. The second-order valence-corrected chi connectivity index (χ2v) is 8.28. The van der Waals surface area contributed by atoms with Crippen molar-refractivity contribution in [3.8, 4) is 6.07 Å². The van der Waals surface area contributed by atoms with Crippen LogP contribution in [0, 0.1) is 23.0 Å². The molecule has 2 aromatic rings. The fraction of sp³-hybridized carbons (Fsp3) is 0.550. The van der Waals surface area contributed by atoms with Crippen LogP contribution in [-0.2, 0) is 12.1 Å². The molecule has 2 atom stereocenters. The third kappa shape index (κ3) is 6.28. The molecule has 0 bridgehead atoms. The molecule has 1 aromatic heterocycles. The molecule has 152 valence electrons. The molecule has 0 spiro atoms. The molecular weight excluding hydrogens is 382 g/mol. The molecule has 2 rings (SSSR count). The van der Waals surface area contributed by atoms with Gasteiger partial charge in [0.05, 0.1) is 12.6 Å². The van der Waals surface area contributed by atoms with Crippen LogP contribution in [0.15, 0.2) is 30.9 Å². The van der Waals surface area contributed by atoms with E-state index in [1.807, 2.05) is 6.92 Å². The second-order valence-electron chi connectivity index (χ2n) is 6.83. The summed E-state index contributed by atoms with van der Waals surface area (Å²) in [6.45, 7) is 1.87. The van der Waals surface area contributed by atoms with E-state index in [4.69, 9.17) is 5.26 Å². The van der Waals surface area contributed by atoms with E-state index in [-0.39, 0.29) is 17.4 Å². The highest BCUT2D eigenvalue weighted by molar-refractivity contribution is 7.99. The van der Waals surface area contributed by atoms with Crippen molar-refractivity contribution in [3.63, 3.8) is 0 Å². The van der Waals surface area contributed by atoms with Crippen molar-refractivity contribution < 1.29 is 13.9 Å². The lowest BCUT2D eigenvalue weighted by Crippen LogP contribution is -2.41. The van der Waals surface area contributed by atoms with Crippen LogP contribution < -0.4 is 0 Å². The summed E-state index contributed by atoms with van der Waals surface area (Å²) in [5.41, 5.74) is -1.50. The molecule has 1 N–H and O–H groups in total. The molecule has 28 heavy (non-hydrogen) atoms. The molecule has 0 unspecified atom stereocenters. The molecule has 0 aliphatic carbocycles. The van der Waals surface area contributed by atoms with Gasteiger partial charge < -0.3 is 5.11 Å². The van der Waals surface area contributed by atoms with Crippen molar-refractivity contribution >= 4 is 11.8 Å². The Morgan fingerprint density at radius 2 is 2.00 bits per heavy atom. The average molecular weight is 409 g/mol. The number of benzene rings is 1. The highest BCUT2D eigenvalue weighted by atomic mass is 32.2. The van der Waals surface area contributed by atoms with Crippen molar-refractivity contribution in [1.82, 2.24) is 14.8 Å². The third-order valence-corrected chi connectivity index (χ3v) is 6.15. The number of hydrogen-bond acceptors (Lipinski definition) is 5. The van der Waals surface area contributed by atoms with Gasteiger partial charge in [-0.15, -0.1) is 0 Å². The van der Waals surface area contributed by atoms with Gasteiger partial charge in [0.2, 0.25) is 0 Å². The Bertz CT molecular complexity index is 766. The fourth-order valence-corrected chi connectivity index (χ4v) is 4.27. The first kappa shape index (κ1) is 22.3. The first-order valence-electron chi connectivity index (χ1n) is 9.46. The van der Waals surface area contributed by atoms with Gasteiger partial charge in [0.1, 0.15) is 29.9 Å². The van der Waals surface area contributed by atoms with E-state index in [1.54, 1.807) is 11.8 Å². The number of rotatable bonds is 12. The molecule has 1 heterocycles. The number of hydrogen-bond donors (Lipinski definition) is 1. The van der Waals surface area contributed by atoms with Crippen LogP contribution in [0.5, 0.6) is 0 Å². The molecule has 0 amide bonds. The molecule has 0 saturated heterocycles. The van der Waals surface area contributed by atoms with E-state index in [0.29, 0.717) is 6.42 Å². The summed E-state index contributed by atoms with van der Waals surface area (Å²) >= 11 is 1.56. The van der Waals surface area contributed by atoms with Gasteiger partial charge in [0.25, 0.3) is 0 Å². The van der Waals surface area contributed by atoms with E-state index in [1.165, 1.54) is 23.4 Å². The maximum Gasteiger partial charge on any atom is 0.137 e. The van der Waals surface area contributed by atoms with E-state index in [2.05, 4.69) is 16.2 Å². The molecule has 1 aromatic carbocycles. The van der Waals surface area contributed by atoms with Crippen molar-refractivity contribution in [3.05, 3.63) is 48.1 Å². The number of nitriles is 1. The number of aromatic nitrogens is 3. The SMILES string of the molecule is C[C@@H](SCCCCCCCC#N)[C@](O)(Cn1cncn1)c1ccc(F)cc1F. The number of thioether (sulfide) groups is 1. The van der Waals surface area contributed by atoms with Gasteiger partial charge >= 0.3 is 0 Å². The lowest BCUT2D eigenvalue weighted by atomic mass is 9.90. The summed E-state index contributed by atoms with van der Waals surface area (Å²) in [5, 5.41) is 23.6. The molecule has 0 fully saturated rings. The maximum absolute atomic E-state index is 14.4. The number of nitrogens with zero attached hydrogens (tertiary/aromatic N) is 4. The Morgan fingerprint density at radius 3 is 2.68 bits per heavy atom. The Morgan fingerprint density at radius 1 is 1.25 bits per heavy atom. The third-order valence-electron chi connectivity index (χ3n) is 4.74. The summed E-state index contributed by atoms with van der Waals surface area (Å²) in [6, 6.07) is 5.39. The fourth-order valence-electron chi connectivity index (χ4n) is 3.07. The first-order valence-corrected chi connectivity index (χ1v) is 10.5. The Hall–Kier alpha value is -1.98. The van der Waals surface area contributed by atoms with Crippen LogP contribution in [0.3, 0.4) is 0 Å². The average Bonchev–Trinajstić information content (AvgIpc) is 3.16. The topological polar surface area (TPSA) is 74.7 Å². The number of aliphatic hydroxyl groups is 1. The Kier molecular flexibility index (Phi) is 8.87. The predicted molar refractivity (Wildman–Crippen MR) is 106 cm³/mol. The van der Waals surface area contributed by atoms with Gasteiger partial charge in [-0.05, 0) is 24.7 Å². The largest absolute Gasteiger partial charge is 0.382 e. The van der Waals surface area contributed by atoms with Crippen molar-refractivity contribution in [2.24, 2.45) is 0 Å². The quantitative estimate of drug-likeness (QED) is 0.526. The van der Waals surface area contributed by atoms with Gasteiger partial charge in [0, 0.05) is 23.3 Å². The highest BCUT2D eigenvalue weighted by Gasteiger charge is 2.39. The van der Waals surface area contributed by atoms with Crippen LogP contribution in [-0.4, -0.2) is 30.9 Å². The maximum atomic E-state index is 14.4. The minimum absolute atomic E-state index is 0.0257. The summed E-state index contributed by atoms with van der Waals surface area (Å²) in [6.07, 6.45) is 8.50. The molecule has 8 heteroatoms. The molecule has 0 aliphatic heterocycles. The van der Waals surface area contributed by atoms with Crippen LogP contribution in [0.4, 0.5) is 8.78 Å². The van der Waals surface area contributed by atoms with Crippen LogP contribution >= 0.6 is 11.8 Å². The number of unbranched alkanes of at least 4 members (excludes halogenated alkanes) is 5. The predicted octanol–water partition coefficient (Wildman–Crippen LogP) is 4.43. The smallest absolute Gasteiger partial charge is 0.137 e. The minimum Gasteiger partial charge on any atom is -0.382 e. The van der Waals surface area contributed by atoms with Gasteiger partial charge in [0.15, 0.2) is 0 Å². The van der Waals surface area contributed by atoms with Crippen LogP contribution in [0.2, 0.25) is 0 Å². The molecule has 0 radical (unpaired) electrons. The number of halogens is 2. The van der Waals surface area contributed by atoms with Crippen LogP contribution in [0.1, 0.15) is 51.0 Å². The summed E-state index contributed by atoms with van der Waals surface area (Å²) < 4.78 is 29.2. The summed E-state index contributed by atoms with van der Waals surface area (Å²) in [7, 11) is 0. The monoisotopic (exact) mass is 408 g/mol. The van der Waals surface area contributed by atoms with Gasteiger partial charge in [-0.3, -0.25) is 0 Å². The summed E-state index contributed by atoms with van der Waals surface area (Å²) in [4.78, 5) is 3.87. The van der Waals surface area contributed by atoms with Gasteiger partial charge in [-0.1, -0.05) is 32.3 Å². The molecular formula is C20H26F2N4OS. The van der Waals surface area contributed by atoms with E-state index >= 15 is 0 Å². The van der Waals surface area contributed by atoms with E-state index in [9.17, 15) is 13.9 Å². The molecule has 0 aliphatic rings.